The van der Waals surface area contributed by atoms with Crippen molar-refractivity contribution < 1.29 is 19.4 Å². The van der Waals surface area contributed by atoms with Gasteiger partial charge in [0.1, 0.15) is 5.75 Å². The van der Waals surface area contributed by atoms with Gasteiger partial charge in [0.15, 0.2) is 0 Å². The molecule has 1 rings (SSSR count). The third-order valence-corrected chi connectivity index (χ3v) is 2.13. The summed E-state index contributed by atoms with van der Waals surface area (Å²) in [7, 11) is 0. The van der Waals surface area contributed by atoms with Gasteiger partial charge in [-0.05, 0) is 25.1 Å². The maximum Gasteiger partial charge on any atom is 0.328 e. The lowest BCUT2D eigenvalue weighted by atomic mass is 10.3. The lowest BCUT2D eigenvalue weighted by Gasteiger charge is -2.05. The molecule has 1 aromatic heterocycles. The molecule has 0 saturated heterocycles. The van der Waals surface area contributed by atoms with E-state index < -0.39 is 5.97 Å². The van der Waals surface area contributed by atoms with Crippen LogP contribution in [0.15, 0.2) is 24.4 Å². The van der Waals surface area contributed by atoms with E-state index in [1.807, 2.05) is 6.92 Å². The minimum atomic E-state index is -1.02. The fourth-order valence-corrected chi connectivity index (χ4v) is 1.28. The first-order chi connectivity index (χ1) is 9.11. The highest BCUT2D eigenvalue weighted by molar-refractivity contribution is 5.84. The Bertz CT molecular complexity index is 454. The van der Waals surface area contributed by atoms with E-state index in [4.69, 9.17) is 9.84 Å². The van der Waals surface area contributed by atoms with Gasteiger partial charge in [0.2, 0.25) is 5.91 Å². The number of aliphatic carboxylic acids is 1. The lowest BCUT2D eigenvalue weighted by Crippen LogP contribution is -2.24. The van der Waals surface area contributed by atoms with Crippen LogP contribution < -0.4 is 10.1 Å². The number of aromatic nitrogens is 1. The van der Waals surface area contributed by atoms with Crippen LogP contribution >= 0.6 is 0 Å². The van der Waals surface area contributed by atoms with Crippen LogP contribution in [0, 0.1) is 0 Å². The summed E-state index contributed by atoms with van der Waals surface area (Å²) in [5, 5.41) is 11.1. The first-order valence-corrected chi connectivity index (χ1v) is 5.88. The Morgan fingerprint density at radius 3 is 2.84 bits per heavy atom. The predicted octanol–water partition coefficient (Wildman–Crippen LogP) is 1.08. The van der Waals surface area contributed by atoms with E-state index in [-0.39, 0.29) is 18.9 Å². The number of hydrogen-bond donors (Lipinski definition) is 2. The Morgan fingerprint density at radius 1 is 1.47 bits per heavy atom. The van der Waals surface area contributed by atoms with E-state index in [0.717, 1.165) is 6.08 Å². The van der Waals surface area contributed by atoms with Gasteiger partial charge in [-0.15, -0.1) is 0 Å². The van der Waals surface area contributed by atoms with Gasteiger partial charge in [-0.1, -0.05) is 0 Å². The van der Waals surface area contributed by atoms with Crippen LogP contribution in [0.1, 0.15) is 19.0 Å². The number of amides is 1. The summed E-state index contributed by atoms with van der Waals surface area (Å²) in [6.45, 7) is 2.73. The first-order valence-electron chi connectivity index (χ1n) is 5.88. The van der Waals surface area contributed by atoms with E-state index in [0.29, 0.717) is 18.0 Å². The average molecular weight is 264 g/mol. The molecule has 0 saturated carbocycles. The highest BCUT2D eigenvalue weighted by Gasteiger charge is 2.00. The molecular weight excluding hydrogens is 248 g/mol. The summed E-state index contributed by atoms with van der Waals surface area (Å²) in [4.78, 5) is 25.5. The van der Waals surface area contributed by atoms with Crippen molar-refractivity contribution in [2.24, 2.45) is 0 Å². The highest BCUT2D eigenvalue weighted by atomic mass is 16.5. The van der Waals surface area contributed by atoms with Crippen molar-refractivity contribution in [3.63, 3.8) is 0 Å². The molecule has 0 radical (unpaired) electrons. The fourth-order valence-electron chi connectivity index (χ4n) is 1.28. The minimum Gasteiger partial charge on any atom is -0.491 e. The molecule has 2 N–H and O–H groups in total. The molecule has 1 amide bonds. The summed E-state index contributed by atoms with van der Waals surface area (Å²) in [6.07, 6.45) is 4.17. The summed E-state index contributed by atoms with van der Waals surface area (Å²) >= 11 is 0. The summed E-state index contributed by atoms with van der Waals surface area (Å²) in [5.74, 6) is -0.544. The maximum atomic E-state index is 11.2. The molecule has 1 aromatic rings. The summed E-state index contributed by atoms with van der Waals surface area (Å²) < 4.78 is 5.34. The molecule has 0 bridgehead atoms. The molecule has 0 fully saturated rings. The second-order valence-electron chi connectivity index (χ2n) is 3.64. The van der Waals surface area contributed by atoms with Gasteiger partial charge in [0.25, 0.3) is 0 Å². The number of pyridine rings is 1. The van der Waals surface area contributed by atoms with Crippen LogP contribution in [0.3, 0.4) is 0 Å². The Balaban J connectivity index is 2.40. The summed E-state index contributed by atoms with van der Waals surface area (Å²) in [5.41, 5.74) is 0.526. The van der Waals surface area contributed by atoms with E-state index in [1.165, 1.54) is 12.3 Å². The monoisotopic (exact) mass is 264 g/mol. The van der Waals surface area contributed by atoms with Crippen molar-refractivity contribution in [3.8, 4) is 5.75 Å². The zero-order chi connectivity index (χ0) is 14.1. The predicted molar refractivity (Wildman–Crippen MR) is 69.7 cm³/mol. The normalized spacial score (nSPS) is 10.4. The average Bonchev–Trinajstić information content (AvgIpc) is 2.38. The number of carbonyl (C=O) groups is 2. The fraction of sp³-hybridized carbons (Fsp3) is 0.308. The van der Waals surface area contributed by atoms with Crippen molar-refractivity contribution in [1.82, 2.24) is 10.3 Å². The molecule has 19 heavy (non-hydrogen) atoms. The largest absolute Gasteiger partial charge is 0.491 e. The second kappa shape index (κ2) is 7.86. The third kappa shape index (κ3) is 6.21. The van der Waals surface area contributed by atoms with Crippen molar-refractivity contribution in [1.29, 1.82) is 0 Å². The van der Waals surface area contributed by atoms with E-state index >= 15 is 0 Å². The number of rotatable bonds is 7. The zero-order valence-corrected chi connectivity index (χ0v) is 10.6. The van der Waals surface area contributed by atoms with Crippen LogP contribution in [0.5, 0.6) is 5.75 Å². The van der Waals surface area contributed by atoms with E-state index in [2.05, 4.69) is 10.3 Å². The Morgan fingerprint density at radius 2 is 2.26 bits per heavy atom. The van der Waals surface area contributed by atoms with Crippen molar-refractivity contribution in [2.45, 2.75) is 13.3 Å². The number of ether oxygens (including phenoxy) is 1. The number of carboxylic acid groups (broad SMARTS) is 1. The van der Waals surface area contributed by atoms with Crippen LogP contribution in [0.2, 0.25) is 0 Å². The van der Waals surface area contributed by atoms with Crippen LogP contribution in [0.4, 0.5) is 0 Å². The Hall–Kier alpha value is -2.37. The van der Waals surface area contributed by atoms with Crippen molar-refractivity contribution >= 4 is 18.0 Å². The molecule has 6 heteroatoms. The Kier molecular flexibility index (Phi) is 6.08. The molecular formula is C13H16N2O4. The van der Waals surface area contributed by atoms with Gasteiger partial charge in [0, 0.05) is 12.6 Å². The van der Waals surface area contributed by atoms with E-state index in [9.17, 15) is 9.59 Å². The highest BCUT2D eigenvalue weighted by Crippen LogP contribution is 2.10. The lowest BCUT2D eigenvalue weighted by molar-refractivity contribution is -0.131. The smallest absolute Gasteiger partial charge is 0.328 e. The topological polar surface area (TPSA) is 88.5 Å². The third-order valence-electron chi connectivity index (χ3n) is 2.13. The maximum absolute atomic E-state index is 11.2. The molecule has 102 valence electrons. The molecule has 0 spiro atoms. The molecule has 0 aromatic carbocycles. The Labute approximate surface area is 111 Å². The van der Waals surface area contributed by atoms with Crippen LogP contribution in [-0.2, 0) is 9.59 Å². The number of nitrogens with one attached hydrogen (secondary N) is 1. The van der Waals surface area contributed by atoms with Gasteiger partial charge >= 0.3 is 5.97 Å². The van der Waals surface area contributed by atoms with Crippen molar-refractivity contribution in [3.05, 3.63) is 30.1 Å². The first kappa shape index (κ1) is 14.7. The number of nitrogens with zero attached hydrogens (tertiary/aromatic N) is 1. The number of carbonyl (C=O) groups excluding carboxylic acids is 1. The molecule has 0 aliphatic carbocycles. The van der Waals surface area contributed by atoms with Gasteiger partial charge in [-0.25, -0.2) is 4.79 Å². The summed E-state index contributed by atoms with van der Waals surface area (Å²) in [6, 6.07) is 3.31. The minimum absolute atomic E-state index is 0.0588. The number of carboxylic acids is 1. The zero-order valence-electron chi connectivity index (χ0n) is 10.6. The molecule has 0 aliphatic heterocycles. The molecule has 1 heterocycles. The standard InChI is InChI=1S/C13H16N2O4/c1-2-14-12(16)7-8-19-11-5-3-10(15-9-11)4-6-13(17)18/h3-6,9H,2,7-8H2,1H3,(H,14,16)(H,17,18). The van der Waals surface area contributed by atoms with Gasteiger partial charge in [0.05, 0.1) is 24.9 Å². The molecule has 0 aliphatic rings. The number of hydrogen-bond acceptors (Lipinski definition) is 4. The van der Waals surface area contributed by atoms with Crippen molar-refractivity contribution in [2.75, 3.05) is 13.2 Å². The SMILES string of the molecule is CCNC(=O)CCOc1ccc(C=CC(=O)O)nc1. The van der Waals surface area contributed by atoms with Gasteiger partial charge in [-0.3, -0.25) is 9.78 Å². The molecule has 0 atom stereocenters. The molecule has 6 nitrogen and oxygen atoms in total. The van der Waals surface area contributed by atoms with Gasteiger partial charge in [-0.2, -0.15) is 0 Å². The van der Waals surface area contributed by atoms with Crippen LogP contribution in [-0.4, -0.2) is 35.1 Å². The van der Waals surface area contributed by atoms with Gasteiger partial charge < -0.3 is 15.2 Å². The second-order valence-corrected chi connectivity index (χ2v) is 3.64. The molecule has 0 unspecified atom stereocenters. The quantitative estimate of drug-likeness (QED) is 0.719. The van der Waals surface area contributed by atoms with E-state index in [1.54, 1.807) is 12.1 Å². The van der Waals surface area contributed by atoms with Crippen LogP contribution in [0.25, 0.3) is 6.08 Å².